The van der Waals surface area contributed by atoms with Crippen molar-refractivity contribution in [1.29, 1.82) is 0 Å². The van der Waals surface area contributed by atoms with E-state index in [-0.39, 0.29) is 30.8 Å². The molecule has 0 aromatic heterocycles. The van der Waals surface area contributed by atoms with E-state index in [9.17, 15) is 23.2 Å². The molecule has 1 aromatic carbocycles. The molecule has 2 rings (SSSR count). The number of benzene rings is 1. The molecular formula is C15H17F2N3O4. The van der Waals surface area contributed by atoms with Crippen molar-refractivity contribution in [2.45, 2.75) is 19.3 Å². The number of hydrogen-bond acceptors (Lipinski definition) is 4. The molecule has 130 valence electrons. The van der Waals surface area contributed by atoms with Crippen molar-refractivity contribution in [3.05, 3.63) is 29.3 Å². The largest absolute Gasteiger partial charge is 0.497 e. The van der Waals surface area contributed by atoms with Gasteiger partial charge in [0.2, 0.25) is 11.8 Å². The second kappa shape index (κ2) is 7.24. The van der Waals surface area contributed by atoms with E-state index in [1.165, 1.54) is 18.9 Å². The summed E-state index contributed by atoms with van der Waals surface area (Å²) in [7, 11) is 1.29. The SMILES string of the molecule is COc1cc(F)c([C@H]2CC(=O)N(CC(=O)NNC(C)=O)C2)c(F)c1. The summed E-state index contributed by atoms with van der Waals surface area (Å²) in [6, 6.07) is 2.10. The second-order valence-corrected chi connectivity index (χ2v) is 5.41. The van der Waals surface area contributed by atoms with Gasteiger partial charge < -0.3 is 9.64 Å². The first-order chi connectivity index (χ1) is 11.3. The number of ether oxygens (including phenoxy) is 1. The van der Waals surface area contributed by atoms with Crippen LogP contribution >= 0.6 is 0 Å². The van der Waals surface area contributed by atoms with Gasteiger partial charge in [-0.1, -0.05) is 0 Å². The van der Waals surface area contributed by atoms with Gasteiger partial charge in [-0.2, -0.15) is 0 Å². The lowest BCUT2D eigenvalue weighted by Crippen LogP contribution is -2.46. The smallest absolute Gasteiger partial charge is 0.257 e. The number of carbonyl (C=O) groups excluding carboxylic acids is 3. The Bertz CT molecular complexity index is 658. The number of nitrogens with one attached hydrogen (secondary N) is 2. The van der Waals surface area contributed by atoms with E-state index in [0.717, 1.165) is 12.1 Å². The zero-order valence-corrected chi connectivity index (χ0v) is 13.2. The molecule has 7 nitrogen and oxygen atoms in total. The van der Waals surface area contributed by atoms with Gasteiger partial charge in [0.15, 0.2) is 0 Å². The third-order valence-corrected chi connectivity index (χ3v) is 3.62. The summed E-state index contributed by atoms with van der Waals surface area (Å²) < 4.78 is 33.0. The molecule has 0 aliphatic carbocycles. The molecule has 9 heteroatoms. The van der Waals surface area contributed by atoms with Crippen LogP contribution < -0.4 is 15.6 Å². The molecule has 1 atom stereocenters. The molecule has 0 saturated carbocycles. The number of rotatable bonds is 4. The molecule has 1 aromatic rings. The fourth-order valence-electron chi connectivity index (χ4n) is 2.56. The Morgan fingerprint density at radius 3 is 2.46 bits per heavy atom. The maximum Gasteiger partial charge on any atom is 0.257 e. The van der Waals surface area contributed by atoms with E-state index >= 15 is 0 Å². The first-order valence-electron chi connectivity index (χ1n) is 7.18. The van der Waals surface area contributed by atoms with Gasteiger partial charge in [0, 0.05) is 43.5 Å². The van der Waals surface area contributed by atoms with Gasteiger partial charge in [-0.3, -0.25) is 25.2 Å². The predicted molar refractivity (Wildman–Crippen MR) is 78.8 cm³/mol. The van der Waals surface area contributed by atoms with E-state index in [1.54, 1.807) is 0 Å². The molecule has 1 heterocycles. The number of methoxy groups -OCH3 is 1. The zero-order chi connectivity index (χ0) is 17.9. The molecule has 1 fully saturated rings. The molecule has 0 unspecified atom stereocenters. The Morgan fingerprint density at radius 1 is 1.29 bits per heavy atom. The van der Waals surface area contributed by atoms with E-state index in [2.05, 4.69) is 10.9 Å². The number of nitrogens with zero attached hydrogens (tertiary/aromatic N) is 1. The summed E-state index contributed by atoms with van der Waals surface area (Å²) in [5, 5.41) is 0. The summed E-state index contributed by atoms with van der Waals surface area (Å²) in [5.74, 6) is -3.70. The van der Waals surface area contributed by atoms with Gasteiger partial charge in [-0.05, 0) is 0 Å². The Morgan fingerprint density at radius 2 is 1.92 bits per heavy atom. The maximum absolute atomic E-state index is 14.1. The topological polar surface area (TPSA) is 87.7 Å². The van der Waals surface area contributed by atoms with Gasteiger partial charge in [0.05, 0.1) is 7.11 Å². The average molecular weight is 341 g/mol. The van der Waals surface area contributed by atoms with Crippen LogP contribution in [0.4, 0.5) is 8.78 Å². The minimum absolute atomic E-state index is 0.00644. The van der Waals surface area contributed by atoms with Crippen LogP contribution in [-0.4, -0.2) is 42.8 Å². The summed E-state index contributed by atoms with van der Waals surface area (Å²) >= 11 is 0. The third kappa shape index (κ3) is 3.98. The molecule has 0 bridgehead atoms. The van der Waals surface area contributed by atoms with Crippen molar-refractivity contribution >= 4 is 17.7 Å². The van der Waals surface area contributed by atoms with Crippen LogP contribution in [0.5, 0.6) is 5.75 Å². The number of halogens is 2. The zero-order valence-electron chi connectivity index (χ0n) is 13.2. The van der Waals surface area contributed by atoms with Gasteiger partial charge in [-0.15, -0.1) is 0 Å². The molecule has 0 spiro atoms. The fraction of sp³-hybridized carbons (Fsp3) is 0.400. The van der Waals surface area contributed by atoms with E-state index in [4.69, 9.17) is 4.74 Å². The molecule has 3 amide bonds. The molecular weight excluding hydrogens is 324 g/mol. The number of amides is 3. The standard InChI is InChI=1S/C15H17F2N3O4/c1-8(21)18-19-13(22)7-20-6-9(3-14(20)23)15-11(16)4-10(24-2)5-12(15)17/h4-5,9H,3,6-7H2,1-2H3,(H,18,21)(H,19,22)/t9-/m0/s1. The minimum atomic E-state index is -0.797. The lowest BCUT2D eigenvalue weighted by atomic mass is 9.97. The van der Waals surface area contributed by atoms with E-state index < -0.39 is 35.3 Å². The Kier molecular flexibility index (Phi) is 5.32. The van der Waals surface area contributed by atoms with Gasteiger partial charge in [0.1, 0.15) is 23.9 Å². The molecule has 1 aliphatic rings. The third-order valence-electron chi connectivity index (χ3n) is 3.62. The van der Waals surface area contributed by atoms with E-state index in [1.807, 2.05) is 0 Å². The van der Waals surface area contributed by atoms with Crippen molar-refractivity contribution < 1.29 is 27.9 Å². The van der Waals surface area contributed by atoms with Gasteiger partial charge >= 0.3 is 0 Å². The molecule has 2 N–H and O–H groups in total. The molecule has 24 heavy (non-hydrogen) atoms. The van der Waals surface area contributed by atoms with Crippen molar-refractivity contribution in [2.24, 2.45) is 0 Å². The molecule has 1 saturated heterocycles. The highest BCUT2D eigenvalue weighted by molar-refractivity contribution is 5.87. The van der Waals surface area contributed by atoms with Crippen LogP contribution in [-0.2, 0) is 14.4 Å². The van der Waals surface area contributed by atoms with Gasteiger partial charge in [0.25, 0.3) is 5.91 Å². The quantitative estimate of drug-likeness (QED) is 0.779. The van der Waals surface area contributed by atoms with Crippen molar-refractivity contribution in [3.63, 3.8) is 0 Å². The molecule has 1 aliphatic heterocycles. The summed E-state index contributed by atoms with van der Waals surface area (Å²) in [6.45, 7) is 0.911. The summed E-state index contributed by atoms with van der Waals surface area (Å²) in [6.07, 6.45) is -0.104. The highest BCUT2D eigenvalue weighted by atomic mass is 19.1. The van der Waals surface area contributed by atoms with Crippen LogP contribution in [0.25, 0.3) is 0 Å². The number of carbonyl (C=O) groups is 3. The Balaban J connectivity index is 2.07. The summed E-state index contributed by atoms with van der Waals surface area (Å²) in [5.41, 5.74) is 4.02. The normalized spacial score (nSPS) is 16.9. The van der Waals surface area contributed by atoms with Crippen LogP contribution in [0.2, 0.25) is 0 Å². The second-order valence-electron chi connectivity index (χ2n) is 5.41. The number of hydrazine groups is 1. The fourth-order valence-corrected chi connectivity index (χ4v) is 2.56. The highest BCUT2D eigenvalue weighted by Gasteiger charge is 2.35. The van der Waals surface area contributed by atoms with Crippen LogP contribution in [0.15, 0.2) is 12.1 Å². The lowest BCUT2D eigenvalue weighted by molar-refractivity contribution is -0.134. The maximum atomic E-state index is 14.1. The number of likely N-dealkylation sites (tertiary alicyclic amines) is 1. The van der Waals surface area contributed by atoms with Crippen molar-refractivity contribution in [1.82, 2.24) is 15.8 Å². The van der Waals surface area contributed by atoms with E-state index in [0.29, 0.717) is 0 Å². The summed E-state index contributed by atoms with van der Waals surface area (Å²) in [4.78, 5) is 35.5. The predicted octanol–water partition coefficient (Wildman–Crippen LogP) is 0.457. The van der Waals surface area contributed by atoms with Crippen molar-refractivity contribution in [3.8, 4) is 5.75 Å². The monoisotopic (exact) mass is 341 g/mol. The number of hydrogen-bond donors (Lipinski definition) is 2. The van der Waals surface area contributed by atoms with Crippen LogP contribution in [0.3, 0.4) is 0 Å². The average Bonchev–Trinajstić information content (AvgIpc) is 2.84. The van der Waals surface area contributed by atoms with Crippen LogP contribution in [0, 0.1) is 11.6 Å². The Hall–Kier alpha value is -2.71. The minimum Gasteiger partial charge on any atom is -0.497 e. The highest BCUT2D eigenvalue weighted by Crippen LogP contribution is 2.33. The molecule has 0 radical (unpaired) electrons. The first-order valence-corrected chi connectivity index (χ1v) is 7.18. The first kappa shape index (κ1) is 17.6. The van der Waals surface area contributed by atoms with Gasteiger partial charge in [-0.25, -0.2) is 8.78 Å². The van der Waals surface area contributed by atoms with Crippen LogP contribution in [0.1, 0.15) is 24.8 Å². The lowest BCUT2D eigenvalue weighted by Gasteiger charge is -2.17. The van der Waals surface area contributed by atoms with Crippen molar-refractivity contribution in [2.75, 3.05) is 20.2 Å². The Labute approximate surface area is 136 Å².